The number of halogens is 1. The molecule has 0 saturated heterocycles. The number of sulfonamides is 1. The maximum absolute atomic E-state index is 11.9. The third-order valence-electron chi connectivity index (χ3n) is 2.38. The van der Waals surface area contributed by atoms with Crippen LogP contribution in [0.3, 0.4) is 0 Å². The van der Waals surface area contributed by atoms with Gasteiger partial charge in [0.2, 0.25) is 10.0 Å². The molecular weight excluding hydrogens is 272 g/mol. The van der Waals surface area contributed by atoms with Crippen LogP contribution < -0.4 is 10.0 Å². The zero-order valence-corrected chi connectivity index (χ0v) is 12.2. The Balaban J connectivity index is 2.94. The normalized spacial score (nSPS) is 11.7. The minimum Gasteiger partial charge on any atom is -0.313 e. The van der Waals surface area contributed by atoms with Gasteiger partial charge >= 0.3 is 0 Å². The van der Waals surface area contributed by atoms with E-state index >= 15 is 0 Å². The fraction of sp³-hybridized carbons (Fsp3) is 0.500. The van der Waals surface area contributed by atoms with Crippen LogP contribution in [0.25, 0.3) is 0 Å². The summed E-state index contributed by atoms with van der Waals surface area (Å²) in [5.74, 6) is 0. The largest absolute Gasteiger partial charge is 0.313 e. The first kappa shape index (κ1) is 15.4. The van der Waals surface area contributed by atoms with E-state index in [0.717, 1.165) is 18.5 Å². The van der Waals surface area contributed by atoms with Crippen molar-refractivity contribution in [3.05, 3.63) is 28.8 Å². The Morgan fingerprint density at radius 3 is 2.61 bits per heavy atom. The predicted octanol–water partition coefficient (Wildman–Crippen LogP) is 2.14. The van der Waals surface area contributed by atoms with E-state index in [0.29, 0.717) is 13.1 Å². The van der Waals surface area contributed by atoms with Gasteiger partial charge in [-0.1, -0.05) is 31.5 Å². The maximum Gasteiger partial charge on any atom is 0.242 e. The number of nitrogens with one attached hydrogen (secondary N) is 2. The quantitative estimate of drug-likeness (QED) is 0.757. The highest BCUT2D eigenvalue weighted by Crippen LogP contribution is 2.22. The lowest BCUT2D eigenvalue weighted by Gasteiger charge is -2.09. The van der Waals surface area contributed by atoms with Gasteiger partial charge in [-0.15, -0.1) is 0 Å². The Hall–Kier alpha value is -0.620. The van der Waals surface area contributed by atoms with Crippen molar-refractivity contribution in [1.82, 2.24) is 10.0 Å². The van der Waals surface area contributed by atoms with E-state index in [-0.39, 0.29) is 9.92 Å². The van der Waals surface area contributed by atoms with E-state index in [4.69, 9.17) is 11.6 Å². The van der Waals surface area contributed by atoms with Gasteiger partial charge in [0.05, 0.1) is 5.02 Å². The van der Waals surface area contributed by atoms with E-state index in [9.17, 15) is 8.42 Å². The minimum absolute atomic E-state index is 0.141. The molecule has 0 aliphatic heterocycles. The van der Waals surface area contributed by atoms with E-state index in [1.165, 1.54) is 0 Å². The highest BCUT2D eigenvalue weighted by atomic mass is 35.5. The van der Waals surface area contributed by atoms with Gasteiger partial charge in [0, 0.05) is 13.1 Å². The van der Waals surface area contributed by atoms with Gasteiger partial charge in [0.1, 0.15) is 4.90 Å². The molecule has 0 heterocycles. The Morgan fingerprint density at radius 1 is 1.28 bits per heavy atom. The van der Waals surface area contributed by atoms with Crippen LogP contribution in [0.4, 0.5) is 0 Å². The summed E-state index contributed by atoms with van der Waals surface area (Å²) in [6.07, 6.45) is 1.04. The second kappa shape index (κ2) is 7.09. The second-order valence-corrected chi connectivity index (χ2v) is 6.09. The van der Waals surface area contributed by atoms with Crippen molar-refractivity contribution in [3.8, 4) is 0 Å². The number of hydrogen-bond acceptors (Lipinski definition) is 3. The Labute approximate surface area is 114 Å². The average molecular weight is 291 g/mol. The van der Waals surface area contributed by atoms with Crippen molar-refractivity contribution in [1.29, 1.82) is 0 Å². The lowest BCUT2D eigenvalue weighted by Crippen LogP contribution is -2.24. The molecule has 0 aliphatic carbocycles. The van der Waals surface area contributed by atoms with E-state index < -0.39 is 10.0 Å². The van der Waals surface area contributed by atoms with Crippen molar-refractivity contribution < 1.29 is 8.42 Å². The van der Waals surface area contributed by atoms with Gasteiger partial charge in [-0.2, -0.15) is 0 Å². The molecule has 6 heteroatoms. The molecule has 0 amide bonds. The third-order valence-corrected chi connectivity index (χ3v) is 4.40. The van der Waals surface area contributed by atoms with Crippen LogP contribution in [-0.4, -0.2) is 21.5 Å². The van der Waals surface area contributed by atoms with Crippen LogP contribution in [0.5, 0.6) is 0 Å². The molecule has 1 aromatic rings. The first-order valence-electron chi connectivity index (χ1n) is 6.00. The predicted molar refractivity (Wildman–Crippen MR) is 74.3 cm³/mol. The van der Waals surface area contributed by atoms with Crippen LogP contribution in [0.2, 0.25) is 5.02 Å². The lowest BCUT2D eigenvalue weighted by atomic mass is 10.2. The summed E-state index contributed by atoms with van der Waals surface area (Å²) in [6, 6.07) is 5.06. The summed E-state index contributed by atoms with van der Waals surface area (Å²) < 4.78 is 26.3. The van der Waals surface area contributed by atoms with Crippen LogP contribution in [0, 0.1) is 0 Å². The fourth-order valence-corrected chi connectivity index (χ4v) is 3.13. The van der Waals surface area contributed by atoms with Gasteiger partial charge in [-0.05, 0) is 30.7 Å². The molecule has 0 bridgehead atoms. The topological polar surface area (TPSA) is 58.2 Å². The van der Waals surface area contributed by atoms with Gasteiger partial charge < -0.3 is 5.32 Å². The van der Waals surface area contributed by atoms with Crippen LogP contribution in [0.15, 0.2) is 23.1 Å². The molecule has 1 aromatic carbocycles. The highest BCUT2D eigenvalue weighted by Gasteiger charge is 2.17. The van der Waals surface area contributed by atoms with Gasteiger partial charge in [0.25, 0.3) is 0 Å². The number of rotatable bonds is 7. The fourth-order valence-electron chi connectivity index (χ4n) is 1.54. The summed E-state index contributed by atoms with van der Waals surface area (Å²) in [5, 5.41) is 3.47. The molecule has 1 rings (SSSR count). The van der Waals surface area contributed by atoms with Crippen molar-refractivity contribution in [2.24, 2.45) is 0 Å². The second-order valence-electron chi connectivity index (χ2n) is 3.94. The molecule has 18 heavy (non-hydrogen) atoms. The molecule has 0 spiro atoms. The van der Waals surface area contributed by atoms with Crippen molar-refractivity contribution in [2.45, 2.75) is 31.7 Å². The number of hydrogen-bond donors (Lipinski definition) is 2. The average Bonchev–Trinajstić information content (AvgIpc) is 2.31. The zero-order valence-electron chi connectivity index (χ0n) is 10.7. The standard InChI is InChI=1S/C12H19ClN2O2S/c1-3-7-14-9-10-5-6-11(13)12(8-10)18(16,17)15-4-2/h5-6,8,14-15H,3-4,7,9H2,1-2H3. The molecule has 0 fully saturated rings. The Kier molecular flexibility index (Phi) is 6.08. The van der Waals surface area contributed by atoms with Crippen LogP contribution >= 0.6 is 11.6 Å². The summed E-state index contributed by atoms with van der Waals surface area (Å²) in [4.78, 5) is 0.141. The monoisotopic (exact) mass is 290 g/mol. The zero-order chi connectivity index (χ0) is 13.6. The molecule has 102 valence electrons. The molecule has 0 unspecified atom stereocenters. The van der Waals surface area contributed by atoms with Gasteiger partial charge in [-0.3, -0.25) is 0 Å². The molecule has 0 aromatic heterocycles. The Bertz CT molecular complexity index is 489. The minimum atomic E-state index is -3.50. The summed E-state index contributed by atoms with van der Waals surface area (Å²) in [7, 11) is -3.50. The molecular formula is C12H19ClN2O2S. The van der Waals surface area contributed by atoms with Crippen molar-refractivity contribution in [3.63, 3.8) is 0 Å². The molecule has 4 nitrogen and oxygen atoms in total. The third kappa shape index (κ3) is 4.24. The molecule has 0 saturated carbocycles. The Morgan fingerprint density at radius 2 is 2.00 bits per heavy atom. The van der Waals surface area contributed by atoms with E-state index in [1.807, 2.05) is 6.07 Å². The lowest BCUT2D eigenvalue weighted by molar-refractivity contribution is 0.583. The first-order chi connectivity index (χ1) is 8.51. The molecule has 0 aliphatic rings. The highest BCUT2D eigenvalue weighted by molar-refractivity contribution is 7.89. The van der Waals surface area contributed by atoms with E-state index in [2.05, 4.69) is 17.0 Å². The number of benzene rings is 1. The van der Waals surface area contributed by atoms with E-state index in [1.54, 1.807) is 19.1 Å². The smallest absolute Gasteiger partial charge is 0.242 e. The molecule has 0 radical (unpaired) electrons. The van der Waals surface area contributed by atoms with Gasteiger partial charge in [0.15, 0.2) is 0 Å². The van der Waals surface area contributed by atoms with Crippen molar-refractivity contribution >= 4 is 21.6 Å². The summed E-state index contributed by atoms with van der Waals surface area (Å²) in [5.41, 5.74) is 0.907. The first-order valence-corrected chi connectivity index (χ1v) is 7.86. The SMILES string of the molecule is CCCNCc1ccc(Cl)c(S(=O)(=O)NCC)c1. The molecule has 2 N–H and O–H groups in total. The summed E-state index contributed by atoms with van der Waals surface area (Å²) in [6.45, 7) is 5.70. The maximum atomic E-state index is 11.9. The summed E-state index contributed by atoms with van der Waals surface area (Å²) >= 11 is 5.94. The van der Waals surface area contributed by atoms with Crippen LogP contribution in [0.1, 0.15) is 25.8 Å². The van der Waals surface area contributed by atoms with Crippen LogP contribution in [-0.2, 0) is 16.6 Å². The van der Waals surface area contributed by atoms with Gasteiger partial charge in [-0.25, -0.2) is 13.1 Å². The molecule has 0 atom stereocenters. The van der Waals surface area contributed by atoms with Crippen molar-refractivity contribution in [2.75, 3.05) is 13.1 Å².